The third kappa shape index (κ3) is 2.77. The molecule has 0 amide bonds. The van der Waals surface area contributed by atoms with Crippen LogP contribution in [0.5, 0.6) is 5.88 Å². The minimum Gasteiger partial charge on any atom is -0.481 e. The van der Waals surface area contributed by atoms with E-state index in [-0.39, 0.29) is 0 Å². The maximum Gasteiger partial charge on any atom is 0.217 e. The van der Waals surface area contributed by atoms with E-state index in [1.807, 2.05) is 0 Å². The molecule has 0 bridgehead atoms. The molecule has 0 radical (unpaired) electrons. The van der Waals surface area contributed by atoms with E-state index in [1.54, 1.807) is 7.11 Å². The average molecular weight is 308 g/mol. The number of halogens is 1. The number of rotatable bonds is 5. The van der Waals surface area contributed by atoms with Crippen LogP contribution in [0.4, 0.5) is 0 Å². The molecule has 2 fully saturated rings. The second-order valence-electron chi connectivity index (χ2n) is 5.30. The molecule has 2 saturated carbocycles. The van der Waals surface area contributed by atoms with E-state index in [4.69, 9.17) is 4.74 Å². The Morgan fingerprint density at radius 3 is 2.78 bits per heavy atom. The van der Waals surface area contributed by atoms with E-state index >= 15 is 0 Å². The van der Waals surface area contributed by atoms with E-state index in [0.717, 1.165) is 28.4 Å². The van der Waals surface area contributed by atoms with Crippen LogP contribution in [-0.2, 0) is 0 Å². The van der Waals surface area contributed by atoms with Gasteiger partial charge in [-0.3, -0.25) is 0 Å². The molecule has 2 aliphatic rings. The molecule has 18 heavy (non-hydrogen) atoms. The number of pyridine rings is 1. The smallest absolute Gasteiger partial charge is 0.217 e. The van der Waals surface area contributed by atoms with Gasteiger partial charge in [-0.1, -0.05) is 12.1 Å². The van der Waals surface area contributed by atoms with Gasteiger partial charge >= 0.3 is 0 Å². The Hall–Kier alpha value is -0.830. The summed E-state index contributed by atoms with van der Waals surface area (Å²) in [6, 6.07) is 4.27. The molecule has 3 rings (SSSR count). The largest absolute Gasteiger partial charge is 0.481 e. The van der Waals surface area contributed by atoms with Crippen molar-refractivity contribution >= 4 is 20.4 Å². The van der Waals surface area contributed by atoms with E-state index in [1.165, 1.54) is 31.2 Å². The highest BCUT2D eigenvalue weighted by Crippen LogP contribution is 2.44. The second kappa shape index (κ2) is 5.04. The summed E-state index contributed by atoms with van der Waals surface area (Å²) in [4.78, 5) is 4.61. The first kappa shape index (κ1) is 12.2. The van der Waals surface area contributed by atoms with Crippen LogP contribution in [0.15, 0.2) is 18.2 Å². The maximum absolute atomic E-state index is 5.42. The molecule has 0 atom stereocenters. The van der Waals surface area contributed by atoms with Crippen LogP contribution in [0.3, 0.4) is 0 Å². The molecule has 1 aromatic rings. The lowest BCUT2D eigenvalue weighted by molar-refractivity contribution is 0.392. The fraction of sp³-hybridized carbons (Fsp3) is 0.533. The Balaban J connectivity index is 1.80. The third-order valence-corrected chi connectivity index (χ3v) is 4.40. The quantitative estimate of drug-likeness (QED) is 0.799. The number of hydrogen-bond donors (Lipinski definition) is 0. The minimum atomic E-state index is 0.677. The molecule has 0 spiro atoms. The zero-order chi connectivity index (χ0) is 12.5. The predicted molar refractivity (Wildman–Crippen MR) is 77.0 cm³/mol. The number of hydrogen-bond acceptors (Lipinski definition) is 2. The van der Waals surface area contributed by atoms with E-state index in [2.05, 4.69) is 39.1 Å². The van der Waals surface area contributed by atoms with Gasteiger partial charge in [-0.05, 0) is 65.9 Å². The Morgan fingerprint density at radius 2 is 2.17 bits per heavy atom. The van der Waals surface area contributed by atoms with Crippen LogP contribution in [0.1, 0.15) is 49.3 Å². The lowest BCUT2D eigenvalue weighted by Crippen LogP contribution is -1.96. The zero-order valence-corrected chi connectivity index (χ0v) is 12.2. The lowest BCUT2D eigenvalue weighted by atomic mass is 10.1. The number of nitrogens with zero attached hydrogens (tertiary/aromatic N) is 1. The van der Waals surface area contributed by atoms with Crippen molar-refractivity contribution in [2.24, 2.45) is 5.92 Å². The number of ether oxygens (including phenoxy) is 1. The molecule has 1 heterocycles. The number of methoxy groups -OCH3 is 1. The molecule has 0 aliphatic heterocycles. The summed E-state index contributed by atoms with van der Waals surface area (Å²) in [5.74, 6) is 2.38. The Labute approximate surface area is 117 Å². The van der Waals surface area contributed by atoms with Crippen LogP contribution >= 0.6 is 15.9 Å². The summed E-state index contributed by atoms with van der Waals surface area (Å²) in [6.45, 7) is 0. The highest BCUT2D eigenvalue weighted by molar-refractivity contribution is 9.15. The molecule has 2 nitrogen and oxygen atoms in total. The Kier molecular flexibility index (Phi) is 3.42. The van der Waals surface area contributed by atoms with Crippen molar-refractivity contribution in [3.8, 4) is 5.88 Å². The fourth-order valence-electron chi connectivity index (χ4n) is 2.18. The molecular formula is C15H18BrNO. The summed E-state index contributed by atoms with van der Waals surface area (Å²) < 4.78 is 6.51. The van der Waals surface area contributed by atoms with Crippen molar-refractivity contribution in [3.63, 3.8) is 0 Å². The monoisotopic (exact) mass is 307 g/mol. The van der Waals surface area contributed by atoms with Gasteiger partial charge in [-0.2, -0.15) is 0 Å². The first-order chi connectivity index (χ1) is 8.78. The van der Waals surface area contributed by atoms with Crippen molar-refractivity contribution in [1.82, 2.24) is 4.98 Å². The summed E-state index contributed by atoms with van der Waals surface area (Å²) in [5.41, 5.74) is 2.25. The molecular weight excluding hydrogens is 290 g/mol. The van der Waals surface area contributed by atoms with Gasteiger partial charge in [0.1, 0.15) is 0 Å². The van der Waals surface area contributed by atoms with Gasteiger partial charge in [0.05, 0.1) is 12.8 Å². The highest BCUT2D eigenvalue weighted by atomic mass is 79.9. The van der Waals surface area contributed by atoms with Crippen LogP contribution < -0.4 is 4.74 Å². The standard InChI is InChI=1S/C15H18BrNO/c1-18-15-12(11-5-6-11)7-9-14(17-15)13(16)8-4-10-2-3-10/h7-11H,2-6H2,1H3/b13-8-. The van der Waals surface area contributed by atoms with Gasteiger partial charge in [-0.25, -0.2) is 4.98 Å². The van der Waals surface area contributed by atoms with Gasteiger partial charge < -0.3 is 4.74 Å². The second-order valence-corrected chi connectivity index (χ2v) is 6.15. The van der Waals surface area contributed by atoms with Gasteiger partial charge in [0.25, 0.3) is 0 Å². The molecule has 0 aromatic carbocycles. The molecule has 3 heteroatoms. The molecule has 0 N–H and O–H groups in total. The summed E-state index contributed by atoms with van der Waals surface area (Å²) >= 11 is 3.63. The van der Waals surface area contributed by atoms with Crippen molar-refractivity contribution in [2.75, 3.05) is 7.11 Å². The molecule has 1 aromatic heterocycles. The zero-order valence-electron chi connectivity index (χ0n) is 10.7. The molecule has 0 unspecified atom stereocenters. The van der Waals surface area contributed by atoms with E-state index in [9.17, 15) is 0 Å². The first-order valence-corrected chi connectivity index (χ1v) is 7.48. The topological polar surface area (TPSA) is 22.1 Å². The Bertz CT molecular complexity index is 475. The van der Waals surface area contributed by atoms with Crippen LogP contribution in [0, 0.1) is 5.92 Å². The van der Waals surface area contributed by atoms with Crippen molar-refractivity contribution in [3.05, 3.63) is 29.5 Å². The van der Waals surface area contributed by atoms with Gasteiger partial charge in [0.15, 0.2) is 0 Å². The summed E-state index contributed by atoms with van der Waals surface area (Å²) in [5, 5.41) is 0. The molecule has 2 aliphatic carbocycles. The van der Waals surface area contributed by atoms with Crippen LogP contribution in [0.2, 0.25) is 0 Å². The van der Waals surface area contributed by atoms with Crippen LogP contribution in [0.25, 0.3) is 4.48 Å². The van der Waals surface area contributed by atoms with Gasteiger partial charge in [0.2, 0.25) is 5.88 Å². The van der Waals surface area contributed by atoms with Gasteiger partial charge in [0, 0.05) is 10.0 Å². The third-order valence-electron chi connectivity index (χ3n) is 3.67. The molecule has 0 saturated heterocycles. The maximum atomic E-state index is 5.42. The minimum absolute atomic E-state index is 0.677. The van der Waals surface area contributed by atoms with Crippen LogP contribution in [-0.4, -0.2) is 12.1 Å². The Morgan fingerprint density at radius 1 is 1.39 bits per heavy atom. The summed E-state index contributed by atoms with van der Waals surface area (Å²) in [6.07, 6.45) is 8.72. The lowest BCUT2D eigenvalue weighted by Gasteiger charge is -2.08. The normalized spacial score (nSPS) is 20.0. The highest BCUT2D eigenvalue weighted by Gasteiger charge is 2.27. The number of aromatic nitrogens is 1. The van der Waals surface area contributed by atoms with Gasteiger partial charge in [-0.15, -0.1) is 0 Å². The first-order valence-electron chi connectivity index (χ1n) is 6.69. The van der Waals surface area contributed by atoms with Crippen molar-refractivity contribution in [1.29, 1.82) is 0 Å². The van der Waals surface area contributed by atoms with E-state index in [0.29, 0.717) is 5.92 Å². The molecule has 96 valence electrons. The van der Waals surface area contributed by atoms with Crippen molar-refractivity contribution < 1.29 is 4.74 Å². The van der Waals surface area contributed by atoms with E-state index < -0.39 is 0 Å². The fourth-order valence-corrected chi connectivity index (χ4v) is 2.59. The summed E-state index contributed by atoms with van der Waals surface area (Å²) in [7, 11) is 1.71. The van der Waals surface area contributed by atoms with Crippen molar-refractivity contribution in [2.45, 2.75) is 38.0 Å². The average Bonchev–Trinajstić information content (AvgIpc) is 3.28. The predicted octanol–water partition coefficient (Wildman–Crippen LogP) is 4.50. The SMILES string of the molecule is COc1nc(/C(Br)=C/CC2CC2)ccc1C1CC1. The number of allylic oxidation sites excluding steroid dienone is 1.